The number of aromatic nitrogens is 1. The molecule has 0 saturated carbocycles. The fourth-order valence-corrected chi connectivity index (χ4v) is 4.17. The van der Waals surface area contributed by atoms with Crippen molar-refractivity contribution >= 4 is 23.2 Å². The second-order valence-corrected chi connectivity index (χ2v) is 7.57. The number of nitrogens with zero attached hydrogens (tertiary/aromatic N) is 2. The lowest BCUT2D eigenvalue weighted by Crippen LogP contribution is -2.40. The number of thiophene rings is 1. The van der Waals surface area contributed by atoms with Crippen molar-refractivity contribution in [3.63, 3.8) is 0 Å². The molecule has 0 aliphatic carbocycles. The average Bonchev–Trinajstić information content (AvgIpc) is 3.24. The third kappa shape index (κ3) is 3.63. The van der Waals surface area contributed by atoms with Crippen LogP contribution in [-0.2, 0) is 16.1 Å². The van der Waals surface area contributed by atoms with Gasteiger partial charge in [-0.1, -0.05) is 6.07 Å². The Morgan fingerprint density at radius 3 is 2.60 bits per heavy atom. The van der Waals surface area contributed by atoms with Gasteiger partial charge in [-0.05, 0) is 44.2 Å². The van der Waals surface area contributed by atoms with E-state index in [1.54, 1.807) is 11.3 Å². The first kappa shape index (κ1) is 17.7. The summed E-state index contributed by atoms with van der Waals surface area (Å²) in [5.74, 6) is -0.185. The van der Waals surface area contributed by atoms with E-state index in [2.05, 4.69) is 16.0 Å². The van der Waals surface area contributed by atoms with Gasteiger partial charge >= 0.3 is 5.97 Å². The number of amides is 1. The largest absolute Gasteiger partial charge is 0.469 e. The summed E-state index contributed by atoms with van der Waals surface area (Å²) in [4.78, 5) is 27.7. The van der Waals surface area contributed by atoms with E-state index in [9.17, 15) is 9.59 Å². The number of hydrogen-bond donors (Lipinski definition) is 0. The first-order chi connectivity index (χ1) is 12.0. The normalized spacial score (nSPS) is 15.4. The van der Waals surface area contributed by atoms with Crippen LogP contribution >= 0.6 is 11.3 Å². The maximum atomic E-state index is 12.9. The Bertz CT molecular complexity index is 756. The molecular formula is C19H24N2O3S. The highest BCUT2D eigenvalue weighted by Gasteiger charge is 2.29. The van der Waals surface area contributed by atoms with Crippen LogP contribution in [0, 0.1) is 19.8 Å². The minimum absolute atomic E-state index is 0.0637. The van der Waals surface area contributed by atoms with Crippen LogP contribution in [0.1, 0.15) is 39.5 Å². The maximum absolute atomic E-state index is 12.9. The van der Waals surface area contributed by atoms with Gasteiger partial charge in [0.1, 0.15) is 0 Å². The number of aryl methyl sites for hydroxylation is 1. The standard InChI is InChI=1S/C19H24N2O3S/c1-13-11-17(14(2)21(13)12-16-5-4-10-25-16)18(22)20-8-6-15(7-9-20)19(23)24-3/h4-5,10-11,15H,6-9,12H2,1-3H3. The summed E-state index contributed by atoms with van der Waals surface area (Å²) in [6.45, 7) is 6.06. The van der Waals surface area contributed by atoms with E-state index in [-0.39, 0.29) is 17.8 Å². The van der Waals surface area contributed by atoms with Gasteiger partial charge < -0.3 is 14.2 Å². The first-order valence-corrected chi connectivity index (χ1v) is 9.45. The Morgan fingerprint density at radius 1 is 1.28 bits per heavy atom. The lowest BCUT2D eigenvalue weighted by Gasteiger charge is -2.30. The van der Waals surface area contributed by atoms with Crippen molar-refractivity contribution in [3.8, 4) is 0 Å². The minimum atomic E-state index is -0.166. The van der Waals surface area contributed by atoms with Gasteiger partial charge in [-0.25, -0.2) is 0 Å². The fourth-order valence-electron chi connectivity index (χ4n) is 3.47. The number of hydrogen-bond acceptors (Lipinski definition) is 4. The monoisotopic (exact) mass is 360 g/mol. The highest BCUT2D eigenvalue weighted by atomic mass is 32.1. The zero-order valence-corrected chi connectivity index (χ0v) is 15.8. The molecule has 0 aromatic carbocycles. The van der Waals surface area contributed by atoms with E-state index in [0.717, 1.165) is 23.5 Å². The molecule has 1 amide bonds. The second-order valence-electron chi connectivity index (χ2n) is 6.54. The number of carbonyl (C=O) groups is 2. The molecule has 3 heterocycles. The van der Waals surface area contributed by atoms with E-state index in [1.165, 1.54) is 12.0 Å². The van der Waals surface area contributed by atoms with Crippen molar-refractivity contribution in [1.82, 2.24) is 9.47 Å². The summed E-state index contributed by atoms with van der Waals surface area (Å²) < 4.78 is 7.01. The van der Waals surface area contributed by atoms with E-state index >= 15 is 0 Å². The van der Waals surface area contributed by atoms with Gasteiger partial charge in [0.15, 0.2) is 0 Å². The van der Waals surface area contributed by atoms with E-state index in [4.69, 9.17) is 4.74 Å². The van der Waals surface area contributed by atoms with Gasteiger partial charge in [0.25, 0.3) is 5.91 Å². The van der Waals surface area contributed by atoms with Crippen LogP contribution in [0.25, 0.3) is 0 Å². The Hall–Kier alpha value is -2.08. The number of piperidine rings is 1. The van der Waals surface area contributed by atoms with Gasteiger partial charge in [-0.15, -0.1) is 11.3 Å². The molecule has 0 atom stereocenters. The number of ether oxygens (including phenoxy) is 1. The summed E-state index contributed by atoms with van der Waals surface area (Å²) in [5, 5.41) is 2.07. The molecule has 1 aliphatic heterocycles. The van der Waals surface area contributed by atoms with Crippen LogP contribution < -0.4 is 0 Å². The zero-order valence-electron chi connectivity index (χ0n) is 14.9. The predicted molar refractivity (Wildman–Crippen MR) is 98.0 cm³/mol. The minimum Gasteiger partial charge on any atom is -0.469 e. The SMILES string of the molecule is COC(=O)C1CCN(C(=O)c2cc(C)n(Cc3cccs3)c2C)CC1. The molecule has 2 aromatic heterocycles. The second kappa shape index (κ2) is 7.44. The maximum Gasteiger partial charge on any atom is 0.308 e. The lowest BCUT2D eigenvalue weighted by atomic mass is 9.96. The molecule has 0 spiro atoms. The molecule has 3 rings (SSSR count). The van der Waals surface area contributed by atoms with Crippen molar-refractivity contribution < 1.29 is 14.3 Å². The zero-order chi connectivity index (χ0) is 18.0. The summed E-state index contributed by atoms with van der Waals surface area (Å²) >= 11 is 1.73. The average molecular weight is 360 g/mol. The number of carbonyl (C=O) groups excluding carboxylic acids is 2. The van der Waals surface area contributed by atoms with Gasteiger partial charge in [-0.2, -0.15) is 0 Å². The highest BCUT2D eigenvalue weighted by Crippen LogP contribution is 2.24. The molecule has 134 valence electrons. The molecule has 6 heteroatoms. The van der Waals surface area contributed by atoms with Gasteiger partial charge in [0.2, 0.25) is 0 Å². The molecule has 1 saturated heterocycles. The number of likely N-dealkylation sites (tertiary alicyclic amines) is 1. The number of esters is 1. The summed E-state index contributed by atoms with van der Waals surface area (Å²) in [6.07, 6.45) is 1.35. The van der Waals surface area contributed by atoms with Crippen LogP contribution in [0.5, 0.6) is 0 Å². The molecule has 0 bridgehead atoms. The molecule has 5 nitrogen and oxygen atoms in total. The van der Waals surface area contributed by atoms with Crippen molar-refractivity contribution in [2.75, 3.05) is 20.2 Å². The van der Waals surface area contributed by atoms with E-state index in [0.29, 0.717) is 25.9 Å². The highest BCUT2D eigenvalue weighted by molar-refractivity contribution is 7.09. The molecule has 1 fully saturated rings. The Labute approximate surface area is 152 Å². The molecular weight excluding hydrogens is 336 g/mol. The van der Waals surface area contributed by atoms with E-state index < -0.39 is 0 Å². The Morgan fingerprint density at radius 2 is 2.00 bits per heavy atom. The Balaban J connectivity index is 1.72. The first-order valence-electron chi connectivity index (χ1n) is 8.57. The van der Waals surface area contributed by atoms with Crippen molar-refractivity contribution in [3.05, 3.63) is 45.4 Å². The van der Waals surface area contributed by atoms with Crippen molar-refractivity contribution in [1.29, 1.82) is 0 Å². The van der Waals surface area contributed by atoms with Crippen LogP contribution in [0.4, 0.5) is 0 Å². The summed E-state index contributed by atoms with van der Waals surface area (Å²) in [5.41, 5.74) is 2.87. The molecule has 2 aromatic rings. The fraction of sp³-hybridized carbons (Fsp3) is 0.474. The van der Waals surface area contributed by atoms with E-state index in [1.807, 2.05) is 30.9 Å². The topological polar surface area (TPSA) is 51.5 Å². The number of methoxy groups -OCH3 is 1. The third-order valence-corrected chi connectivity index (χ3v) is 5.88. The summed E-state index contributed by atoms with van der Waals surface area (Å²) in [6, 6.07) is 6.14. The summed E-state index contributed by atoms with van der Waals surface area (Å²) in [7, 11) is 1.42. The lowest BCUT2D eigenvalue weighted by molar-refractivity contribution is -0.146. The number of rotatable bonds is 4. The molecule has 1 aliphatic rings. The van der Waals surface area contributed by atoms with Crippen LogP contribution in [0.2, 0.25) is 0 Å². The van der Waals surface area contributed by atoms with Crippen molar-refractivity contribution in [2.24, 2.45) is 5.92 Å². The molecule has 25 heavy (non-hydrogen) atoms. The molecule has 0 unspecified atom stereocenters. The third-order valence-electron chi connectivity index (χ3n) is 5.01. The quantitative estimate of drug-likeness (QED) is 0.787. The predicted octanol–water partition coefficient (Wildman–Crippen LogP) is 3.24. The molecule has 0 N–H and O–H groups in total. The van der Waals surface area contributed by atoms with Gasteiger partial charge in [0.05, 0.1) is 25.1 Å². The van der Waals surface area contributed by atoms with Crippen LogP contribution in [0.3, 0.4) is 0 Å². The smallest absolute Gasteiger partial charge is 0.308 e. The Kier molecular flexibility index (Phi) is 5.27. The molecule has 0 radical (unpaired) electrons. The van der Waals surface area contributed by atoms with Crippen LogP contribution in [0.15, 0.2) is 23.6 Å². The van der Waals surface area contributed by atoms with Gasteiger partial charge in [0, 0.05) is 29.4 Å². The van der Waals surface area contributed by atoms with Crippen molar-refractivity contribution in [2.45, 2.75) is 33.2 Å². The van der Waals surface area contributed by atoms with Crippen LogP contribution in [-0.4, -0.2) is 41.5 Å². The van der Waals surface area contributed by atoms with Gasteiger partial charge in [-0.3, -0.25) is 9.59 Å².